The molecule has 0 saturated carbocycles. The van der Waals surface area contributed by atoms with Gasteiger partial charge in [-0.05, 0) is 29.8 Å². The number of nitriles is 1. The van der Waals surface area contributed by atoms with Crippen molar-refractivity contribution in [3.05, 3.63) is 66.4 Å². The number of anilines is 1. The van der Waals surface area contributed by atoms with Crippen LogP contribution < -0.4 is 10.0 Å². The lowest BCUT2D eigenvalue weighted by atomic mass is 10.0. The van der Waals surface area contributed by atoms with Gasteiger partial charge in [-0.1, -0.05) is 30.3 Å². The highest BCUT2D eigenvalue weighted by Gasteiger charge is 2.36. The fourth-order valence-corrected chi connectivity index (χ4v) is 3.98. The highest BCUT2D eigenvalue weighted by Crippen LogP contribution is 2.37. The normalized spacial score (nSPS) is 14.2. The van der Waals surface area contributed by atoms with Crippen LogP contribution in [-0.4, -0.2) is 24.8 Å². The van der Waals surface area contributed by atoms with Crippen molar-refractivity contribution < 1.29 is 18.0 Å². The number of aromatic nitrogens is 1. The molecule has 0 atom stereocenters. The van der Waals surface area contributed by atoms with E-state index < -0.39 is 21.8 Å². The number of nitrogens with two attached hydrogens (primary N) is 1. The molecule has 2 N–H and O–H groups in total. The first-order chi connectivity index (χ1) is 14.3. The lowest BCUT2D eigenvalue weighted by Gasteiger charge is -2.18. The molecule has 1 aliphatic heterocycles. The number of imide groups is 1. The van der Waals surface area contributed by atoms with Crippen molar-refractivity contribution >= 4 is 27.7 Å². The van der Waals surface area contributed by atoms with Gasteiger partial charge in [0.05, 0.1) is 4.90 Å². The number of hydrogen-bond acceptors (Lipinski definition) is 5. The number of carbonyl (C=O) groups is 2. The Morgan fingerprint density at radius 3 is 2.07 bits per heavy atom. The molecule has 0 radical (unpaired) electrons. The van der Waals surface area contributed by atoms with Crippen LogP contribution in [0.3, 0.4) is 0 Å². The van der Waals surface area contributed by atoms with Crippen LogP contribution in [0.15, 0.2) is 65.7 Å². The van der Waals surface area contributed by atoms with E-state index in [1.165, 1.54) is 24.3 Å². The molecule has 2 heterocycles. The second kappa shape index (κ2) is 7.26. The maximum Gasteiger partial charge on any atom is 0.238 e. The van der Waals surface area contributed by atoms with Crippen molar-refractivity contribution in [1.82, 2.24) is 4.57 Å². The van der Waals surface area contributed by atoms with Gasteiger partial charge in [0.1, 0.15) is 17.5 Å². The highest BCUT2D eigenvalue weighted by atomic mass is 32.2. The summed E-state index contributed by atoms with van der Waals surface area (Å²) in [5.41, 5.74) is 1.95. The molecule has 0 unspecified atom stereocenters. The van der Waals surface area contributed by atoms with Crippen LogP contribution >= 0.6 is 0 Å². The monoisotopic (exact) mass is 420 g/mol. The van der Waals surface area contributed by atoms with Crippen LogP contribution in [-0.2, 0) is 19.6 Å². The van der Waals surface area contributed by atoms with Gasteiger partial charge in [-0.25, -0.2) is 18.5 Å². The number of carbonyl (C=O) groups excluding carboxylic acids is 2. The molecule has 1 aliphatic rings. The van der Waals surface area contributed by atoms with Crippen molar-refractivity contribution in [1.29, 1.82) is 5.26 Å². The summed E-state index contributed by atoms with van der Waals surface area (Å²) in [5, 5.41) is 15.1. The average molecular weight is 420 g/mol. The first-order valence-electron chi connectivity index (χ1n) is 9.01. The van der Waals surface area contributed by atoms with Crippen molar-refractivity contribution in [3.8, 4) is 22.9 Å². The van der Waals surface area contributed by atoms with Crippen LogP contribution in [0.5, 0.6) is 0 Å². The van der Waals surface area contributed by atoms with E-state index in [0.29, 0.717) is 11.3 Å². The SMILES string of the molecule is N#Cc1c(-c2ccccc2)cn(-c2ccc(S(N)(=O)=O)cc2)c1N1C(=O)CCC1=O. The third kappa shape index (κ3) is 3.28. The van der Waals surface area contributed by atoms with E-state index in [9.17, 15) is 23.3 Å². The number of rotatable bonds is 4. The van der Waals surface area contributed by atoms with Crippen LogP contribution in [0.25, 0.3) is 16.8 Å². The minimum absolute atomic E-state index is 0.0694. The number of primary sulfonamides is 1. The second-order valence-corrected chi connectivity index (χ2v) is 8.31. The Balaban J connectivity index is 1.98. The first-order valence-corrected chi connectivity index (χ1v) is 10.6. The average Bonchev–Trinajstić information content (AvgIpc) is 3.27. The lowest BCUT2D eigenvalue weighted by molar-refractivity contribution is -0.121. The van der Waals surface area contributed by atoms with Gasteiger partial charge in [0, 0.05) is 30.3 Å². The maximum atomic E-state index is 12.5. The smallest absolute Gasteiger partial charge is 0.238 e. The topological polar surface area (TPSA) is 126 Å². The molecule has 4 rings (SSSR count). The summed E-state index contributed by atoms with van der Waals surface area (Å²) in [6.45, 7) is 0. The Labute approximate surface area is 172 Å². The molecular formula is C21H16N4O4S. The van der Waals surface area contributed by atoms with Gasteiger partial charge in [-0.3, -0.25) is 9.59 Å². The predicted molar refractivity (Wildman–Crippen MR) is 109 cm³/mol. The van der Waals surface area contributed by atoms with Gasteiger partial charge in [0.25, 0.3) is 0 Å². The van der Waals surface area contributed by atoms with Crippen LogP contribution in [0.1, 0.15) is 18.4 Å². The number of sulfonamides is 1. The van der Waals surface area contributed by atoms with E-state index in [-0.39, 0.29) is 29.1 Å². The second-order valence-electron chi connectivity index (χ2n) is 6.75. The minimum atomic E-state index is -3.88. The van der Waals surface area contributed by atoms with Gasteiger partial charge in [-0.2, -0.15) is 5.26 Å². The van der Waals surface area contributed by atoms with Gasteiger partial charge in [0.15, 0.2) is 0 Å². The molecule has 1 aromatic heterocycles. The largest absolute Gasteiger partial charge is 0.301 e. The Hall–Kier alpha value is -3.74. The third-order valence-electron chi connectivity index (χ3n) is 4.88. The molecular weight excluding hydrogens is 404 g/mol. The molecule has 9 heteroatoms. The number of amides is 2. The van der Waals surface area contributed by atoms with E-state index >= 15 is 0 Å². The molecule has 0 spiro atoms. The Kier molecular flexibility index (Phi) is 4.73. The zero-order valence-corrected chi connectivity index (χ0v) is 16.5. The molecule has 0 bridgehead atoms. The molecule has 30 heavy (non-hydrogen) atoms. The quantitative estimate of drug-likeness (QED) is 0.648. The molecule has 1 saturated heterocycles. The first kappa shape index (κ1) is 19.6. The molecule has 1 fully saturated rings. The summed E-state index contributed by atoms with van der Waals surface area (Å²) in [5.74, 6) is -0.638. The molecule has 2 aromatic carbocycles. The number of nitrogens with zero attached hydrogens (tertiary/aromatic N) is 3. The summed E-state index contributed by atoms with van der Waals surface area (Å²) in [7, 11) is -3.88. The van der Waals surface area contributed by atoms with E-state index in [4.69, 9.17) is 5.14 Å². The standard InChI is InChI=1S/C21H16N4O4S/c22-12-17-18(14-4-2-1-3-5-14)13-24(21(17)25-19(26)10-11-20(25)27)15-6-8-16(9-7-15)30(23,28)29/h1-9,13H,10-11H2,(H2,23,28,29). The molecule has 2 amide bonds. The summed E-state index contributed by atoms with van der Waals surface area (Å²) in [4.78, 5) is 25.9. The number of benzene rings is 2. The predicted octanol–water partition coefficient (Wildman–Crippen LogP) is 2.32. The zero-order chi connectivity index (χ0) is 21.5. The van der Waals surface area contributed by atoms with Crippen LogP contribution in [0.4, 0.5) is 5.82 Å². The third-order valence-corrected chi connectivity index (χ3v) is 5.81. The highest BCUT2D eigenvalue weighted by molar-refractivity contribution is 7.89. The van der Waals surface area contributed by atoms with Gasteiger partial charge in [-0.15, -0.1) is 0 Å². The van der Waals surface area contributed by atoms with Crippen molar-refractivity contribution in [2.45, 2.75) is 17.7 Å². The van der Waals surface area contributed by atoms with Gasteiger partial charge in [0.2, 0.25) is 21.8 Å². The van der Waals surface area contributed by atoms with Gasteiger partial charge < -0.3 is 4.57 Å². The summed E-state index contributed by atoms with van der Waals surface area (Å²) in [6, 6.07) is 16.9. The Morgan fingerprint density at radius 2 is 1.53 bits per heavy atom. The molecule has 8 nitrogen and oxygen atoms in total. The van der Waals surface area contributed by atoms with E-state index in [2.05, 4.69) is 6.07 Å². The van der Waals surface area contributed by atoms with Crippen molar-refractivity contribution in [2.75, 3.05) is 4.90 Å². The number of hydrogen-bond donors (Lipinski definition) is 1. The molecule has 0 aliphatic carbocycles. The Morgan fingerprint density at radius 1 is 0.933 bits per heavy atom. The maximum absolute atomic E-state index is 12.5. The summed E-state index contributed by atoms with van der Waals surface area (Å²) < 4.78 is 24.7. The van der Waals surface area contributed by atoms with Crippen molar-refractivity contribution in [3.63, 3.8) is 0 Å². The van der Waals surface area contributed by atoms with E-state index in [0.717, 1.165) is 10.5 Å². The zero-order valence-electron chi connectivity index (χ0n) is 15.6. The van der Waals surface area contributed by atoms with E-state index in [1.54, 1.807) is 10.8 Å². The summed E-state index contributed by atoms with van der Waals surface area (Å²) in [6.07, 6.45) is 1.80. The molecule has 150 valence electrons. The minimum Gasteiger partial charge on any atom is -0.301 e. The summed E-state index contributed by atoms with van der Waals surface area (Å²) >= 11 is 0. The molecule has 3 aromatic rings. The van der Waals surface area contributed by atoms with Gasteiger partial charge >= 0.3 is 0 Å². The fourth-order valence-electron chi connectivity index (χ4n) is 3.47. The fraction of sp³-hybridized carbons (Fsp3) is 0.0952. The van der Waals surface area contributed by atoms with E-state index in [1.807, 2.05) is 30.3 Å². The van der Waals surface area contributed by atoms with Crippen molar-refractivity contribution in [2.24, 2.45) is 5.14 Å². The lowest BCUT2D eigenvalue weighted by Crippen LogP contribution is -2.31. The Bertz CT molecular complexity index is 1290. The van der Waals surface area contributed by atoms with Crippen LogP contribution in [0.2, 0.25) is 0 Å². The van der Waals surface area contributed by atoms with Crippen LogP contribution in [0, 0.1) is 11.3 Å².